The van der Waals surface area contributed by atoms with Gasteiger partial charge in [0, 0.05) is 79.3 Å². The van der Waals surface area contributed by atoms with Crippen LogP contribution in [0.3, 0.4) is 0 Å². The molecule has 0 unspecified atom stereocenters. The number of nitrogens with one attached hydrogen (secondary N) is 1. The van der Waals surface area contributed by atoms with Crippen LogP contribution in [0.2, 0.25) is 0 Å². The van der Waals surface area contributed by atoms with Crippen LogP contribution in [-0.4, -0.2) is 128 Å². The summed E-state index contributed by atoms with van der Waals surface area (Å²) in [6.45, 7) is 14.9. The second-order valence-electron chi connectivity index (χ2n) is 19.0. The Labute approximate surface area is 385 Å². The van der Waals surface area contributed by atoms with Crippen molar-refractivity contribution >= 4 is 58.9 Å². The Morgan fingerprint density at radius 1 is 1.14 bits per heavy atom. The minimum atomic E-state index is -1.09. The topological polar surface area (TPSA) is 152 Å². The lowest BCUT2D eigenvalue weighted by molar-refractivity contribution is -0.164. The number of benzene rings is 1. The summed E-state index contributed by atoms with van der Waals surface area (Å²) in [6, 6.07) is 7.37. The third-order valence-corrected chi connectivity index (χ3v) is 14.7. The molecule has 0 radical (unpaired) electrons. The van der Waals surface area contributed by atoms with Crippen LogP contribution in [0.1, 0.15) is 89.6 Å². The van der Waals surface area contributed by atoms with E-state index >= 15 is 0 Å². The molecule has 0 saturated carbocycles. The van der Waals surface area contributed by atoms with Gasteiger partial charge in [0.2, 0.25) is 5.91 Å². The van der Waals surface area contributed by atoms with Gasteiger partial charge in [-0.15, -0.1) is 11.3 Å². The Bertz CT molecular complexity index is 2400. The number of rotatable bonds is 8. The summed E-state index contributed by atoms with van der Waals surface area (Å²) in [6.07, 6.45) is 5.03. The van der Waals surface area contributed by atoms with Crippen molar-refractivity contribution in [3.8, 4) is 22.5 Å². The van der Waals surface area contributed by atoms with Gasteiger partial charge in [-0.3, -0.25) is 24.4 Å². The van der Waals surface area contributed by atoms with E-state index in [1.54, 1.807) is 25.3 Å². The van der Waals surface area contributed by atoms with Gasteiger partial charge in [-0.25, -0.2) is 9.78 Å². The van der Waals surface area contributed by atoms with Crippen molar-refractivity contribution in [2.45, 2.75) is 116 Å². The lowest BCUT2D eigenvalue weighted by atomic mass is 9.84. The normalized spacial score (nSPS) is 22.3. The number of amides is 4. The van der Waals surface area contributed by atoms with Crippen molar-refractivity contribution in [2.75, 3.05) is 47.0 Å². The number of methoxy groups -OCH3 is 1. The van der Waals surface area contributed by atoms with Crippen LogP contribution in [0.15, 0.2) is 41.9 Å². The Morgan fingerprint density at radius 3 is 2.62 bits per heavy atom. The molecule has 1 N–H and O–H groups in total. The number of ether oxygens (including phenoxy) is 3. The second-order valence-corrected chi connectivity index (χ2v) is 20.3. The van der Waals surface area contributed by atoms with E-state index in [2.05, 4.69) is 54.9 Å². The number of urea groups is 1. The van der Waals surface area contributed by atoms with Gasteiger partial charge in [-0.2, -0.15) is 4.41 Å². The Kier molecular flexibility index (Phi) is 13.2. The molecule has 344 valence electrons. The first-order valence-electron chi connectivity index (χ1n) is 22.6. The molecule has 0 aliphatic carbocycles. The van der Waals surface area contributed by atoms with Gasteiger partial charge in [0.1, 0.15) is 23.7 Å². The molecule has 3 fully saturated rings. The summed E-state index contributed by atoms with van der Waals surface area (Å²) in [5.41, 5.74) is 5.85. The first-order valence-corrected chi connectivity index (χ1v) is 23.8. The van der Waals surface area contributed by atoms with E-state index in [0.717, 1.165) is 57.5 Å². The zero-order valence-electron chi connectivity index (χ0n) is 38.3. The van der Waals surface area contributed by atoms with Crippen molar-refractivity contribution in [1.29, 1.82) is 0 Å². The number of aromatic nitrogens is 3. The van der Waals surface area contributed by atoms with E-state index in [0.29, 0.717) is 50.5 Å². The van der Waals surface area contributed by atoms with Crippen molar-refractivity contribution < 1.29 is 33.4 Å². The molecule has 4 amide bonds. The smallest absolute Gasteiger partial charge is 0.326 e. The van der Waals surface area contributed by atoms with E-state index in [1.165, 1.54) is 25.7 Å². The van der Waals surface area contributed by atoms with Crippen LogP contribution in [0.4, 0.5) is 4.79 Å². The maximum absolute atomic E-state index is 14.8. The highest BCUT2D eigenvalue weighted by atomic mass is 32.1. The SMILES string of the molecule is CCn1c(-c2cccnc2[C@H](C)OC)c2c3cc(ccc31)-c1csc(n1)C[C@H](NC(=O)[C@H](C(C)C)N(C)C(=O)N1CC3(CCCO3)C1)C(=O)N1CCC[C@@H](C(=O)OCC(C)(C)C2)N1S. The number of thiazole rings is 1. The average Bonchev–Trinajstić information content (AvgIpc) is 4.02. The van der Waals surface area contributed by atoms with Crippen molar-refractivity contribution in [3.05, 3.63) is 58.2 Å². The van der Waals surface area contributed by atoms with Gasteiger partial charge in [-0.05, 0) is 81.7 Å². The zero-order valence-corrected chi connectivity index (χ0v) is 40.0. The molecule has 7 heterocycles. The Hall–Kier alpha value is -4.55. The molecule has 1 aromatic carbocycles. The van der Waals surface area contributed by atoms with Crippen molar-refractivity contribution in [2.24, 2.45) is 11.3 Å². The zero-order chi connectivity index (χ0) is 45.7. The number of nitrogens with zero attached hydrogens (tertiary/aromatic N) is 7. The van der Waals surface area contributed by atoms with Crippen LogP contribution < -0.4 is 5.32 Å². The number of esters is 1. The van der Waals surface area contributed by atoms with E-state index in [9.17, 15) is 19.2 Å². The summed E-state index contributed by atoms with van der Waals surface area (Å²) < 4.78 is 21.6. The first-order chi connectivity index (χ1) is 30.5. The molecule has 64 heavy (non-hydrogen) atoms. The highest BCUT2D eigenvalue weighted by Crippen LogP contribution is 2.42. The minimum Gasteiger partial charge on any atom is -0.464 e. The maximum Gasteiger partial charge on any atom is 0.326 e. The fourth-order valence-electron chi connectivity index (χ4n) is 9.99. The highest BCUT2D eigenvalue weighted by Gasteiger charge is 2.50. The number of cyclic esters (lactones) is 1. The monoisotopic (exact) mass is 914 g/mol. The van der Waals surface area contributed by atoms with Gasteiger partial charge in [0.15, 0.2) is 0 Å². The number of hydrogen-bond donors (Lipinski definition) is 2. The predicted octanol–water partition coefficient (Wildman–Crippen LogP) is 6.70. The minimum absolute atomic E-state index is 0.0798. The van der Waals surface area contributed by atoms with Crippen LogP contribution in [0, 0.1) is 11.3 Å². The molecule has 17 heteroatoms. The van der Waals surface area contributed by atoms with Crippen LogP contribution in [0.25, 0.3) is 33.4 Å². The molecule has 3 saturated heterocycles. The van der Waals surface area contributed by atoms with Crippen LogP contribution >= 0.6 is 24.2 Å². The molecule has 1 spiro atoms. The molecule has 6 bridgehead atoms. The third-order valence-electron chi connectivity index (χ3n) is 13.4. The molecule has 15 nitrogen and oxygen atoms in total. The van der Waals surface area contributed by atoms with E-state index in [-0.39, 0.29) is 43.2 Å². The number of carbonyl (C=O) groups is 4. The summed E-state index contributed by atoms with van der Waals surface area (Å²) in [5, 5.41) is 8.16. The summed E-state index contributed by atoms with van der Waals surface area (Å²) >= 11 is 6.18. The number of carbonyl (C=O) groups excluding carboxylic acids is 4. The fourth-order valence-corrected chi connectivity index (χ4v) is 11.2. The molecule has 8 rings (SSSR count). The van der Waals surface area contributed by atoms with Crippen molar-refractivity contribution in [1.82, 2.24) is 39.1 Å². The number of pyridine rings is 1. The van der Waals surface area contributed by atoms with E-state index < -0.39 is 41.3 Å². The van der Waals surface area contributed by atoms with Crippen molar-refractivity contribution in [3.63, 3.8) is 0 Å². The Morgan fingerprint density at radius 2 is 1.92 bits per heavy atom. The molecule has 4 aliphatic rings. The average molecular weight is 915 g/mol. The molecule has 4 aromatic rings. The van der Waals surface area contributed by atoms with Gasteiger partial charge >= 0.3 is 12.0 Å². The number of thiol groups is 1. The number of likely N-dealkylation sites (N-methyl/N-ethyl adjacent to an activating group) is 1. The first kappa shape index (κ1) is 46.0. The summed E-state index contributed by atoms with van der Waals surface area (Å²) in [7, 11) is 3.33. The number of hydrogen-bond acceptors (Lipinski definition) is 12. The van der Waals surface area contributed by atoms with E-state index in [1.807, 2.05) is 32.2 Å². The van der Waals surface area contributed by atoms with Gasteiger partial charge in [0.25, 0.3) is 5.91 Å². The largest absolute Gasteiger partial charge is 0.464 e. The van der Waals surface area contributed by atoms with Gasteiger partial charge in [-0.1, -0.05) is 46.6 Å². The molecule has 4 aliphatic heterocycles. The van der Waals surface area contributed by atoms with E-state index in [4.69, 9.17) is 37.0 Å². The molecular formula is C47H62N8O7S2. The summed E-state index contributed by atoms with van der Waals surface area (Å²) in [4.78, 5) is 70.1. The highest BCUT2D eigenvalue weighted by molar-refractivity contribution is 7.77. The number of hydrazine groups is 1. The maximum atomic E-state index is 14.8. The fraction of sp³-hybridized carbons (Fsp3) is 0.574. The molecule has 3 aromatic heterocycles. The lowest BCUT2D eigenvalue weighted by Crippen LogP contribution is -2.67. The van der Waals surface area contributed by atoms with Gasteiger partial charge < -0.3 is 33.9 Å². The number of fused-ring (bicyclic) bond motifs is 6. The molecule has 4 atom stereocenters. The predicted molar refractivity (Wildman–Crippen MR) is 248 cm³/mol. The number of likely N-dealkylation sites (tertiary alicyclic amines) is 1. The second kappa shape index (κ2) is 18.4. The Balaban J connectivity index is 1.17. The summed E-state index contributed by atoms with van der Waals surface area (Å²) in [5.74, 6) is -1.65. The third kappa shape index (κ3) is 8.77. The standard InChI is InChI=1S/C47H62N8O7S2/c1-9-53-36-16-15-30-21-32(36)33(41(53)31-13-10-18-48-39(31)29(4)60-8)23-46(5,6)27-61-44(58)37-14-11-19-54(55(37)63)43(57)34(22-38-49-35(30)24-64-38)50-42(56)40(28(2)3)51(7)45(59)52-25-47(26-52)17-12-20-62-47/h10,13,15-16,18,21,24,28-29,34,37,40,63H,9,11-12,14,17,19-20,22-23,25-27H2,1-8H3,(H,50,56)/t29-,34-,37-,40-/m0/s1. The van der Waals surface area contributed by atoms with Gasteiger partial charge in [0.05, 0.1) is 47.9 Å². The van der Waals surface area contributed by atoms with Crippen LogP contribution in [-0.2, 0) is 48.0 Å². The lowest BCUT2D eigenvalue weighted by Gasteiger charge is -2.49. The number of aryl methyl sites for hydroxylation is 1. The van der Waals surface area contributed by atoms with Crippen LogP contribution in [0.5, 0.6) is 0 Å². The quantitative estimate of drug-likeness (QED) is 0.144. The molecular weight excluding hydrogens is 853 g/mol.